The molecule has 0 bridgehead atoms. The van der Waals surface area contributed by atoms with Gasteiger partial charge in [0.25, 0.3) is 0 Å². The Morgan fingerprint density at radius 3 is 2.76 bits per heavy atom. The maximum Gasteiger partial charge on any atom is 0.0513 e. The number of piperidine rings is 1. The van der Waals surface area contributed by atoms with Crippen molar-refractivity contribution >= 4 is 0 Å². The Hall–Kier alpha value is -0.120. The number of likely N-dealkylation sites (tertiary alicyclic amines) is 1. The first-order chi connectivity index (χ1) is 7.98. The lowest BCUT2D eigenvalue weighted by Crippen LogP contribution is -2.60. The van der Waals surface area contributed by atoms with Crippen molar-refractivity contribution in [2.45, 2.75) is 45.6 Å². The van der Waals surface area contributed by atoms with E-state index in [1.807, 2.05) is 0 Å². The van der Waals surface area contributed by atoms with E-state index in [9.17, 15) is 0 Å². The van der Waals surface area contributed by atoms with Crippen molar-refractivity contribution in [3.63, 3.8) is 0 Å². The van der Waals surface area contributed by atoms with E-state index in [1.54, 1.807) is 0 Å². The van der Waals surface area contributed by atoms with Crippen LogP contribution in [0.1, 0.15) is 40.0 Å². The first-order valence-corrected chi connectivity index (χ1v) is 7.01. The molecule has 3 nitrogen and oxygen atoms in total. The standard InChI is InChI=1S/C14H28N2O/c1-13(2)6-4-7-16(11-13)14(3,10-15)12-5-8-17-9-12/h12H,4-11,15H2,1-3H3. The van der Waals surface area contributed by atoms with Crippen LogP contribution in [0.25, 0.3) is 0 Å². The molecule has 2 unspecified atom stereocenters. The van der Waals surface area contributed by atoms with Gasteiger partial charge in [-0.2, -0.15) is 0 Å². The molecule has 100 valence electrons. The van der Waals surface area contributed by atoms with E-state index in [0.29, 0.717) is 11.3 Å². The van der Waals surface area contributed by atoms with Crippen LogP contribution in [-0.2, 0) is 4.74 Å². The topological polar surface area (TPSA) is 38.5 Å². The van der Waals surface area contributed by atoms with Crippen LogP contribution in [0.2, 0.25) is 0 Å². The fourth-order valence-electron chi connectivity index (χ4n) is 3.44. The normalized spacial score (nSPS) is 33.5. The lowest BCUT2D eigenvalue weighted by atomic mass is 9.77. The van der Waals surface area contributed by atoms with Gasteiger partial charge in [0.15, 0.2) is 0 Å². The molecule has 2 saturated heterocycles. The SMILES string of the molecule is CC1(C)CCCN(C(C)(CN)C2CCOC2)C1. The molecule has 2 aliphatic heterocycles. The Balaban J connectivity index is 2.10. The lowest BCUT2D eigenvalue weighted by molar-refractivity contribution is -0.00891. The van der Waals surface area contributed by atoms with Gasteiger partial charge in [0.1, 0.15) is 0 Å². The van der Waals surface area contributed by atoms with Crippen LogP contribution in [0.15, 0.2) is 0 Å². The number of nitrogens with zero attached hydrogens (tertiary/aromatic N) is 1. The van der Waals surface area contributed by atoms with Crippen LogP contribution in [0, 0.1) is 11.3 Å². The zero-order chi connectivity index (χ0) is 12.5. The minimum atomic E-state index is 0.133. The number of ether oxygens (including phenoxy) is 1. The van der Waals surface area contributed by atoms with Gasteiger partial charge in [-0.3, -0.25) is 4.90 Å². The van der Waals surface area contributed by atoms with Gasteiger partial charge in [0.2, 0.25) is 0 Å². The van der Waals surface area contributed by atoms with Crippen LogP contribution < -0.4 is 5.73 Å². The van der Waals surface area contributed by atoms with Gasteiger partial charge in [0.05, 0.1) is 6.61 Å². The highest BCUT2D eigenvalue weighted by atomic mass is 16.5. The zero-order valence-electron chi connectivity index (χ0n) is 11.7. The molecule has 2 aliphatic rings. The number of nitrogens with two attached hydrogens (primary N) is 1. The van der Waals surface area contributed by atoms with E-state index in [0.717, 1.165) is 19.8 Å². The molecule has 2 N–H and O–H groups in total. The third-order valence-corrected chi connectivity index (χ3v) is 4.85. The predicted molar refractivity (Wildman–Crippen MR) is 71.0 cm³/mol. The molecular formula is C14H28N2O. The average Bonchev–Trinajstić information content (AvgIpc) is 2.80. The summed E-state index contributed by atoms with van der Waals surface area (Å²) in [6.45, 7) is 12.0. The van der Waals surface area contributed by atoms with Crippen molar-refractivity contribution in [3.05, 3.63) is 0 Å². The Labute approximate surface area is 106 Å². The smallest absolute Gasteiger partial charge is 0.0513 e. The van der Waals surface area contributed by atoms with Gasteiger partial charge in [-0.25, -0.2) is 0 Å². The summed E-state index contributed by atoms with van der Waals surface area (Å²) in [6.07, 6.45) is 3.81. The maximum atomic E-state index is 6.11. The second-order valence-corrected chi connectivity index (χ2v) is 6.81. The van der Waals surface area contributed by atoms with E-state index in [4.69, 9.17) is 10.5 Å². The van der Waals surface area contributed by atoms with Crippen LogP contribution >= 0.6 is 0 Å². The fraction of sp³-hybridized carbons (Fsp3) is 1.00. The second kappa shape index (κ2) is 4.87. The van der Waals surface area contributed by atoms with Crippen LogP contribution in [0.3, 0.4) is 0 Å². The van der Waals surface area contributed by atoms with E-state index in [2.05, 4.69) is 25.7 Å². The summed E-state index contributed by atoms with van der Waals surface area (Å²) >= 11 is 0. The lowest BCUT2D eigenvalue weighted by Gasteiger charge is -2.50. The molecule has 0 amide bonds. The molecule has 2 rings (SSSR count). The van der Waals surface area contributed by atoms with Gasteiger partial charge in [0, 0.05) is 31.2 Å². The summed E-state index contributed by atoms with van der Waals surface area (Å²) in [6, 6.07) is 0. The highest BCUT2D eigenvalue weighted by Crippen LogP contribution is 2.37. The molecule has 2 atom stereocenters. The molecule has 0 aromatic heterocycles. The van der Waals surface area contributed by atoms with Crippen molar-refractivity contribution in [3.8, 4) is 0 Å². The number of hydrogen-bond acceptors (Lipinski definition) is 3. The summed E-state index contributed by atoms with van der Waals surface area (Å²) in [7, 11) is 0. The van der Waals surface area contributed by atoms with Gasteiger partial charge >= 0.3 is 0 Å². The summed E-state index contributed by atoms with van der Waals surface area (Å²) in [5.74, 6) is 0.612. The minimum Gasteiger partial charge on any atom is -0.381 e. The van der Waals surface area contributed by atoms with Crippen molar-refractivity contribution < 1.29 is 4.74 Å². The third-order valence-electron chi connectivity index (χ3n) is 4.85. The molecule has 0 radical (unpaired) electrons. The first kappa shape index (κ1) is 13.3. The zero-order valence-corrected chi connectivity index (χ0v) is 11.7. The summed E-state index contributed by atoms with van der Waals surface area (Å²) in [5, 5.41) is 0. The number of rotatable bonds is 3. The molecule has 2 heterocycles. The molecule has 0 aromatic rings. The van der Waals surface area contributed by atoms with Crippen molar-refractivity contribution in [2.75, 3.05) is 32.8 Å². The Bertz CT molecular complexity index is 261. The van der Waals surface area contributed by atoms with Gasteiger partial charge in [-0.1, -0.05) is 13.8 Å². The largest absolute Gasteiger partial charge is 0.381 e. The van der Waals surface area contributed by atoms with E-state index in [-0.39, 0.29) is 5.54 Å². The van der Waals surface area contributed by atoms with Crippen molar-refractivity contribution in [1.29, 1.82) is 0 Å². The van der Waals surface area contributed by atoms with Gasteiger partial charge < -0.3 is 10.5 Å². The Morgan fingerprint density at radius 2 is 2.24 bits per heavy atom. The minimum absolute atomic E-state index is 0.133. The molecule has 0 saturated carbocycles. The van der Waals surface area contributed by atoms with Crippen molar-refractivity contribution in [1.82, 2.24) is 4.90 Å². The predicted octanol–water partition coefficient (Wildman–Crippen LogP) is 1.86. The Kier molecular flexibility index (Phi) is 3.81. The molecule has 3 heteroatoms. The summed E-state index contributed by atoms with van der Waals surface area (Å²) < 4.78 is 5.57. The third kappa shape index (κ3) is 2.67. The monoisotopic (exact) mass is 240 g/mol. The second-order valence-electron chi connectivity index (χ2n) is 6.81. The molecule has 17 heavy (non-hydrogen) atoms. The van der Waals surface area contributed by atoms with E-state index in [1.165, 1.54) is 32.4 Å². The van der Waals surface area contributed by atoms with Crippen LogP contribution in [0.4, 0.5) is 0 Å². The Morgan fingerprint density at radius 1 is 1.47 bits per heavy atom. The quantitative estimate of drug-likeness (QED) is 0.818. The van der Waals surface area contributed by atoms with Crippen molar-refractivity contribution in [2.24, 2.45) is 17.1 Å². The molecule has 2 fully saturated rings. The highest BCUT2D eigenvalue weighted by molar-refractivity contribution is 4.98. The summed E-state index contributed by atoms with van der Waals surface area (Å²) in [5.41, 5.74) is 6.68. The van der Waals surface area contributed by atoms with Gasteiger partial charge in [-0.15, -0.1) is 0 Å². The van der Waals surface area contributed by atoms with E-state index < -0.39 is 0 Å². The molecule has 0 aliphatic carbocycles. The fourth-order valence-corrected chi connectivity index (χ4v) is 3.44. The molecule has 0 spiro atoms. The van der Waals surface area contributed by atoms with Crippen LogP contribution in [0.5, 0.6) is 0 Å². The maximum absolute atomic E-state index is 6.11. The molecule has 0 aromatic carbocycles. The first-order valence-electron chi connectivity index (χ1n) is 7.01. The van der Waals surface area contributed by atoms with Gasteiger partial charge in [-0.05, 0) is 38.1 Å². The molecular weight excluding hydrogens is 212 g/mol. The average molecular weight is 240 g/mol. The van der Waals surface area contributed by atoms with Crippen LogP contribution in [-0.4, -0.2) is 43.3 Å². The highest BCUT2D eigenvalue weighted by Gasteiger charge is 2.43. The number of hydrogen-bond donors (Lipinski definition) is 1. The van der Waals surface area contributed by atoms with E-state index >= 15 is 0 Å². The summed E-state index contributed by atoms with van der Waals surface area (Å²) in [4.78, 5) is 2.63.